The Kier molecular flexibility index (Phi) is 4.97. The number of piperidine rings is 1. The van der Waals surface area contributed by atoms with E-state index >= 15 is 0 Å². The number of ether oxygens (including phenoxy) is 1. The highest BCUT2D eigenvalue weighted by molar-refractivity contribution is 5.92. The average Bonchev–Trinajstić information content (AvgIpc) is 3.26. The van der Waals surface area contributed by atoms with Crippen molar-refractivity contribution in [3.05, 3.63) is 58.8 Å². The van der Waals surface area contributed by atoms with Gasteiger partial charge in [-0.1, -0.05) is 36.4 Å². The van der Waals surface area contributed by atoms with Crippen molar-refractivity contribution in [2.45, 2.75) is 51.3 Å². The Balaban J connectivity index is 1.30. The molecule has 0 aromatic heterocycles. The van der Waals surface area contributed by atoms with E-state index in [0.29, 0.717) is 6.04 Å². The van der Waals surface area contributed by atoms with Gasteiger partial charge in [0.15, 0.2) is 0 Å². The Morgan fingerprint density at radius 3 is 2.55 bits per heavy atom. The second-order valence-electron chi connectivity index (χ2n) is 8.89. The van der Waals surface area contributed by atoms with Crippen molar-refractivity contribution in [2.75, 3.05) is 20.1 Å². The SMILES string of the molecule is CN=C(N)OC1C(=O)N(C2CCN(C3Cc4cccc5cccc3c45)CC2)C(C)=C1C. The molecule has 1 aliphatic carbocycles. The molecule has 6 nitrogen and oxygen atoms in total. The summed E-state index contributed by atoms with van der Waals surface area (Å²) in [6.07, 6.45) is 2.35. The summed E-state index contributed by atoms with van der Waals surface area (Å²) in [5, 5.41) is 2.78. The van der Waals surface area contributed by atoms with Crippen LogP contribution in [0.3, 0.4) is 0 Å². The molecule has 2 aromatic carbocycles. The molecule has 1 fully saturated rings. The summed E-state index contributed by atoms with van der Waals surface area (Å²) in [6.45, 7) is 5.93. The molecule has 2 unspecified atom stereocenters. The van der Waals surface area contributed by atoms with Gasteiger partial charge in [-0.05, 0) is 60.6 Å². The molecule has 1 amide bonds. The minimum atomic E-state index is -0.649. The first-order valence-electron chi connectivity index (χ1n) is 11.1. The number of carbonyl (C=O) groups excluding carboxylic acids is 1. The number of hydrogen-bond donors (Lipinski definition) is 1. The van der Waals surface area contributed by atoms with Gasteiger partial charge in [0.25, 0.3) is 11.9 Å². The highest BCUT2D eigenvalue weighted by Crippen LogP contribution is 2.41. The molecule has 0 bridgehead atoms. The van der Waals surface area contributed by atoms with Crippen molar-refractivity contribution in [2.24, 2.45) is 10.7 Å². The number of likely N-dealkylation sites (tertiary alicyclic amines) is 1. The molecule has 2 aromatic rings. The second kappa shape index (κ2) is 7.68. The zero-order valence-electron chi connectivity index (χ0n) is 18.5. The van der Waals surface area contributed by atoms with Gasteiger partial charge in [0.2, 0.25) is 6.10 Å². The van der Waals surface area contributed by atoms with E-state index in [1.165, 1.54) is 21.9 Å². The van der Waals surface area contributed by atoms with Gasteiger partial charge in [0, 0.05) is 37.9 Å². The first-order chi connectivity index (χ1) is 15.0. The first-order valence-corrected chi connectivity index (χ1v) is 11.1. The Hall–Kier alpha value is -2.86. The van der Waals surface area contributed by atoms with Crippen LogP contribution in [-0.2, 0) is 16.0 Å². The Morgan fingerprint density at radius 2 is 1.84 bits per heavy atom. The fourth-order valence-corrected chi connectivity index (χ4v) is 5.62. The van der Waals surface area contributed by atoms with E-state index in [1.807, 2.05) is 18.7 Å². The molecule has 162 valence electrons. The maximum absolute atomic E-state index is 13.1. The minimum absolute atomic E-state index is 0.0157. The molecule has 2 aliphatic heterocycles. The summed E-state index contributed by atoms with van der Waals surface area (Å²) in [5.74, 6) is -0.0157. The maximum Gasteiger partial charge on any atom is 0.282 e. The molecular weight excluding hydrogens is 388 g/mol. The Labute approximate surface area is 183 Å². The van der Waals surface area contributed by atoms with E-state index in [9.17, 15) is 4.79 Å². The van der Waals surface area contributed by atoms with Crippen molar-refractivity contribution >= 4 is 22.7 Å². The number of nitrogens with two attached hydrogens (primary N) is 1. The number of benzene rings is 2. The standard InChI is InChI=1S/C25H30N4O2/c1-15-16(2)29(24(30)23(15)31-25(26)27-3)19-10-12-28(13-11-19)21-14-18-8-4-6-17-7-5-9-20(21)22(17)18/h4-9,19,21,23H,10-14H2,1-3H3,(H2,26,27). The van der Waals surface area contributed by atoms with Gasteiger partial charge in [-0.3, -0.25) is 9.69 Å². The number of rotatable bonds is 3. The van der Waals surface area contributed by atoms with E-state index in [2.05, 4.69) is 46.3 Å². The molecule has 5 rings (SSSR count). The van der Waals surface area contributed by atoms with Crippen LogP contribution in [0.4, 0.5) is 0 Å². The van der Waals surface area contributed by atoms with E-state index in [0.717, 1.165) is 43.6 Å². The van der Waals surface area contributed by atoms with Crippen LogP contribution in [0.15, 0.2) is 52.7 Å². The Bertz CT molecular complexity index is 1090. The van der Waals surface area contributed by atoms with Crippen LogP contribution in [0, 0.1) is 0 Å². The maximum atomic E-state index is 13.1. The van der Waals surface area contributed by atoms with Gasteiger partial charge in [-0.25, -0.2) is 4.99 Å². The normalized spacial score (nSPS) is 25.2. The first kappa shape index (κ1) is 20.1. The van der Waals surface area contributed by atoms with Gasteiger partial charge in [0.1, 0.15) is 0 Å². The van der Waals surface area contributed by atoms with Gasteiger partial charge in [0.05, 0.1) is 0 Å². The van der Waals surface area contributed by atoms with Gasteiger partial charge in [-0.2, -0.15) is 0 Å². The number of hydrogen-bond acceptors (Lipinski definition) is 4. The highest BCUT2D eigenvalue weighted by Gasteiger charge is 2.42. The molecule has 2 heterocycles. The summed E-state index contributed by atoms with van der Waals surface area (Å²) >= 11 is 0. The van der Waals surface area contributed by atoms with Crippen LogP contribution in [-0.4, -0.2) is 54.0 Å². The molecule has 2 N–H and O–H groups in total. The lowest BCUT2D eigenvalue weighted by Crippen LogP contribution is -2.48. The van der Waals surface area contributed by atoms with E-state index < -0.39 is 6.10 Å². The topological polar surface area (TPSA) is 71.2 Å². The van der Waals surface area contributed by atoms with Crippen LogP contribution >= 0.6 is 0 Å². The number of nitrogens with zero attached hydrogens (tertiary/aromatic N) is 3. The fourth-order valence-electron chi connectivity index (χ4n) is 5.62. The molecule has 0 radical (unpaired) electrons. The lowest BCUT2D eigenvalue weighted by atomic mass is 9.98. The van der Waals surface area contributed by atoms with Crippen molar-refractivity contribution in [1.82, 2.24) is 9.80 Å². The van der Waals surface area contributed by atoms with Crippen molar-refractivity contribution in [1.29, 1.82) is 0 Å². The summed E-state index contributed by atoms with van der Waals surface area (Å²) in [7, 11) is 1.57. The minimum Gasteiger partial charge on any atom is -0.447 e. The molecule has 0 spiro atoms. The molecule has 6 heteroatoms. The molecule has 3 aliphatic rings. The molecule has 0 saturated carbocycles. The number of allylic oxidation sites excluding steroid dienone is 1. The van der Waals surface area contributed by atoms with Crippen molar-refractivity contribution in [3.8, 4) is 0 Å². The monoisotopic (exact) mass is 418 g/mol. The highest BCUT2D eigenvalue weighted by atomic mass is 16.5. The summed E-state index contributed by atoms with van der Waals surface area (Å²) in [4.78, 5) is 21.5. The Morgan fingerprint density at radius 1 is 1.13 bits per heavy atom. The van der Waals surface area contributed by atoms with Crippen LogP contribution in [0.25, 0.3) is 10.8 Å². The predicted octanol–water partition coefficient (Wildman–Crippen LogP) is 3.37. The predicted molar refractivity (Wildman–Crippen MR) is 123 cm³/mol. The van der Waals surface area contributed by atoms with Crippen LogP contribution in [0.5, 0.6) is 0 Å². The number of amides is 1. The zero-order chi connectivity index (χ0) is 21.7. The van der Waals surface area contributed by atoms with Crippen LogP contribution in [0.1, 0.15) is 43.9 Å². The van der Waals surface area contributed by atoms with Gasteiger partial charge < -0.3 is 15.4 Å². The zero-order valence-corrected chi connectivity index (χ0v) is 18.5. The summed E-state index contributed by atoms with van der Waals surface area (Å²) in [5.41, 5.74) is 10.6. The second-order valence-corrected chi connectivity index (χ2v) is 8.89. The third-order valence-electron chi connectivity index (χ3n) is 7.35. The molecular formula is C25H30N4O2. The lowest BCUT2D eigenvalue weighted by Gasteiger charge is -2.40. The van der Waals surface area contributed by atoms with Crippen LogP contribution < -0.4 is 5.73 Å². The van der Waals surface area contributed by atoms with Gasteiger partial charge in [-0.15, -0.1) is 0 Å². The largest absolute Gasteiger partial charge is 0.447 e. The third-order valence-corrected chi connectivity index (χ3v) is 7.35. The average molecular weight is 419 g/mol. The quantitative estimate of drug-likeness (QED) is 0.613. The number of carbonyl (C=O) groups is 1. The van der Waals surface area contributed by atoms with Gasteiger partial charge >= 0.3 is 0 Å². The molecule has 31 heavy (non-hydrogen) atoms. The fraction of sp³-hybridized carbons (Fsp3) is 0.440. The summed E-state index contributed by atoms with van der Waals surface area (Å²) < 4.78 is 5.62. The smallest absolute Gasteiger partial charge is 0.282 e. The third kappa shape index (κ3) is 3.21. The van der Waals surface area contributed by atoms with Crippen molar-refractivity contribution < 1.29 is 9.53 Å². The van der Waals surface area contributed by atoms with E-state index in [4.69, 9.17) is 10.5 Å². The number of aliphatic imine (C=N–C) groups is 1. The lowest BCUT2D eigenvalue weighted by molar-refractivity contribution is -0.136. The van der Waals surface area contributed by atoms with Crippen LogP contribution in [0.2, 0.25) is 0 Å². The molecule has 1 saturated heterocycles. The number of amidine groups is 1. The van der Waals surface area contributed by atoms with E-state index in [-0.39, 0.29) is 18.0 Å². The molecule has 2 atom stereocenters. The summed E-state index contributed by atoms with van der Waals surface area (Å²) in [6, 6.07) is 14.0. The van der Waals surface area contributed by atoms with E-state index in [1.54, 1.807) is 7.05 Å². The van der Waals surface area contributed by atoms with Crippen molar-refractivity contribution in [3.63, 3.8) is 0 Å².